The van der Waals surface area contributed by atoms with Gasteiger partial charge in [0.2, 0.25) is 0 Å². The molecule has 2 aromatic heterocycles. The highest BCUT2D eigenvalue weighted by Gasteiger charge is 2.33. The zero-order valence-electron chi connectivity index (χ0n) is 16.1. The van der Waals surface area contributed by atoms with E-state index in [1.54, 1.807) is 47.1 Å². The van der Waals surface area contributed by atoms with E-state index in [0.29, 0.717) is 33.9 Å². The maximum Gasteiger partial charge on any atom is 0.407 e. The molecule has 3 aromatic rings. The first-order valence-electron chi connectivity index (χ1n) is 9.10. The number of aromatic nitrogens is 3. The summed E-state index contributed by atoms with van der Waals surface area (Å²) in [5.74, 6) is 1.05. The number of imidazole rings is 1. The van der Waals surface area contributed by atoms with Crippen LogP contribution < -0.4 is 5.73 Å². The Balaban J connectivity index is 0.000000196. The third-order valence-corrected chi connectivity index (χ3v) is 5.55. The van der Waals surface area contributed by atoms with Gasteiger partial charge in [-0.2, -0.15) is 8.42 Å². The Hall–Kier alpha value is -2.74. The first-order chi connectivity index (χ1) is 14.7. The van der Waals surface area contributed by atoms with Crippen LogP contribution in [0.25, 0.3) is 5.52 Å². The second-order valence-corrected chi connectivity index (χ2v) is 8.44. The number of carbonyl (C=O) groups is 1. The van der Waals surface area contributed by atoms with E-state index in [9.17, 15) is 18.3 Å². The lowest BCUT2D eigenvalue weighted by molar-refractivity contribution is 0.138. The summed E-state index contributed by atoms with van der Waals surface area (Å²) < 4.78 is 35.0. The Morgan fingerprint density at radius 2 is 2.03 bits per heavy atom. The van der Waals surface area contributed by atoms with Crippen molar-refractivity contribution in [3.8, 4) is 0 Å². The molecule has 1 atom stereocenters. The van der Waals surface area contributed by atoms with Gasteiger partial charge in [-0.05, 0) is 34.3 Å². The maximum absolute atomic E-state index is 11.2. The minimum atomic E-state index is -4.32. The van der Waals surface area contributed by atoms with Crippen LogP contribution in [0, 0.1) is 0 Å². The van der Waals surface area contributed by atoms with Crippen LogP contribution in [0.4, 0.5) is 10.6 Å². The zero-order chi connectivity index (χ0) is 22.6. The van der Waals surface area contributed by atoms with Crippen molar-refractivity contribution in [2.24, 2.45) is 0 Å². The van der Waals surface area contributed by atoms with Gasteiger partial charge in [-0.25, -0.2) is 18.9 Å². The predicted octanol–water partition coefficient (Wildman–Crippen LogP) is 2.89. The van der Waals surface area contributed by atoms with Crippen molar-refractivity contribution in [1.82, 2.24) is 19.3 Å². The fourth-order valence-electron chi connectivity index (χ4n) is 3.26. The lowest BCUT2D eigenvalue weighted by Gasteiger charge is -2.20. The molecule has 1 amide bonds. The SMILES string of the molecule is Nc1nccn2c([C@@H]3CCCN3C(=O)O)nc(Br)c12.O=S(=O)(O)OCc1ccccc1. The molecule has 31 heavy (non-hydrogen) atoms. The zero-order valence-corrected chi connectivity index (χ0v) is 18.5. The van der Waals surface area contributed by atoms with Gasteiger partial charge in [-0.3, -0.25) is 13.9 Å². The largest absolute Gasteiger partial charge is 0.465 e. The van der Waals surface area contributed by atoms with E-state index in [1.165, 1.54) is 4.90 Å². The Bertz CT molecular complexity index is 1170. The molecule has 11 nitrogen and oxygen atoms in total. The highest BCUT2D eigenvalue weighted by atomic mass is 79.9. The Morgan fingerprint density at radius 1 is 1.32 bits per heavy atom. The van der Waals surface area contributed by atoms with Crippen LogP contribution in [0.2, 0.25) is 0 Å². The van der Waals surface area contributed by atoms with Crippen molar-refractivity contribution >= 4 is 43.8 Å². The molecular weight excluding hydrogens is 494 g/mol. The Kier molecular flexibility index (Phi) is 7.10. The average Bonchev–Trinajstić information content (AvgIpc) is 3.33. The number of amides is 1. The molecule has 3 heterocycles. The van der Waals surface area contributed by atoms with Crippen molar-refractivity contribution in [2.45, 2.75) is 25.5 Å². The van der Waals surface area contributed by atoms with Crippen LogP contribution in [0.15, 0.2) is 47.3 Å². The van der Waals surface area contributed by atoms with E-state index in [2.05, 4.69) is 30.1 Å². The molecule has 0 radical (unpaired) electrons. The summed E-state index contributed by atoms with van der Waals surface area (Å²) >= 11 is 3.35. The maximum atomic E-state index is 11.2. The van der Waals surface area contributed by atoms with Crippen LogP contribution in [0.1, 0.15) is 30.3 Å². The summed E-state index contributed by atoms with van der Waals surface area (Å²) in [4.78, 5) is 21.1. The molecular formula is C18H20BrN5O6S. The Labute approximate surface area is 186 Å². The number of fused-ring (bicyclic) bond motifs is 1. The monoisotopic (exact) mass is 513 g/mol. The molecule has 0 unspecified atom stereocenters. The molecule has 0 bridgehead atoms. The number of nitrogens with two attached hydrogens (primary N) is 1. The molecule has 0 aliphatic carbocycles. The van der Waals surface area contributed by atoms with Crippen LogP contribution in [0.3, 0.4) is 0 Å². The van der Waals surface area contributed by atoms with Crippen molar-refractivity contribution in [2.75, 3.05) is 12.3 Å². The molecule has 4 N–H and O–H groups in total. The fraction of sp³-hybridized carbons (Fsp3) is 0.278. The number of halogens is 1. The lowest BCUT2D eigenvalue weighted by atomic mass is 10.2. The van der Waals surface area contributed by atoms with Gasteiger partial charge in [0.05, 0.1) is 12.6 Å². The number of hydrogen-bond acceptors (Lipinski definition) is 7. The number of carboxylic acid groups (broad SMARTS) is 1. The highest BCUT2D eigenvalue weighted by Crippen LogP contribution is 2.34. The van der Waals surface area contributed by atoms with Crippen molar-refractivity contribution in [3.05, 3.63) is 58.7 Å². The van der Waals surface area contributed by atoms with Crippen molar-refractivity contribution in [3.63, 3.8) is 0 Å². The second-order valence-electron chi connectivity index (χ2n) is 6.60. The molecule has 13 heteroatoms. The van der Waals surface area contributed by atoms with Crippen molar-refractivity contribution in [1.29, 1.82) is 0 Å². The van der Waals surface area contributed by atoms with Gasteiger partial charge in [0, 0.05) is 18.9 Å². The van der Waals surface area contributed by atoms with Crippen LogP contribution in [0.5, 0.6) is 0 Å². The van der Waals surface area contributed by atoms with E-state index in [-0.39, 0.29) is 12.6 Å². The van der Waals surface area contributed by atoms with Gasteiger partial charge in [-0.1, -0.05) is 30.3 Å². The number of hydrogen-bond donors (Lipinski definition) is 3. The number of likely N-dealkylation sites (tertiary alicyclic amines) is 1. The molecule has 0 saturated carbocycles. The molecule has 1 aliphatic heterocycles. The number of nitrogen functional groups attached to an aromatic ring is 1. The van der Waals surface area contributed by atoms with Gasteiger partial charge >= 0.3 is 16.5 Å². The molecule has 0 spiro atoms. The Morgan fingerprint density at radius 3 is 2.68 bits per heavy atom. The van der Waals surface area contributed by atoms with Crippen LogP contribution in [-0.4, -0.2) is 50.0 Å². The number of rotatable bonds is 4. The standard InChI is InChI=1S/C11H12BrN5O2.C7H8O4S/c12-8-7-9(13)14-3-5-17(7)10(15-8)6-2-1-4-16(6)11(18)19;8-12(9,10)11-6-7-4-2-1-3-5-7/h3,5-6H,1-2,4H2,(H2,13,14)(H,18,19);1-5H,6H2,(H,8,9,10)/t6-;/m0./s1. The summed E-state index contributed by atoms with van der Waals surface area (Å²) in [7, 11) is -4.32. The molecule has 1 fully saturated rings. The minimum absolute atomic E-state index is 0.139. The quantitative estimate of drug-likeness (QED) is 0.445. The van der Waals surface area contributed by atoms with Crippen LogP contribution in [-0.2, 0) is 21.2 Å². The summed E-state index contributed by atoms with van der Waals surface area (Å²) in [5, 5.41) is 9.22. The molecule has 4 rings (SSSR count). The average molecular weight is 514 g/mol. The first-order valence-corrected chi connectivity index (χ1v) is 11.3. The normalized spacial score (nSPS) is 16.2. The third-order valence-electron chi connectivity index (χ3n) is 4.58. The van der Waals surface area contributed by atoms with Gasteiger partial charge in [-0.15, -0.1) is 0 Å². The van der Waals surface area contributed by atoms with Crippen molar-refractivity contribution < 1.29 is 27.1 Å². The lowest BCUT2D eigenvalue weighted by Crippen LogP contribution is -2.29. The molecule has 1 saturated heterocycles. The molecule has 1 aliphatic rings. The number of nitrogens with zero attached hydrogens (tertiary/aromatic N) is 4. The van der Waals surface area contributed by atoms with E-state index in [4.69, 9.17) is 10.3 Å². The first kappa shape index (κ1) is 22.9. The van der Waals surface area contributed by atoms with E-state index in [1.807, 2.05) is 0 Å². The topological polar surface area (TPSA) is 160 Å². The third kappa shape index (κ3) is 5.70. The smallest absolute Gasteiger partial charge is 0.407 e. The van der Waals surface area contributed by atoms with Gasteiger partial charge in [0.15, 0.2) is 5.82 Å². The summed E-state index contributed by atoms with van der Waals surface area (Å²) in [5.41, 5.74) is 7.20. The van der Waals surface area contributed by atoms with E-state index < -0.39 is 16.5 Å². The van der Waals surface area contributed by atoms with Gasteiger partial charge in [0.25, 0.3) is 0 Å². The summed E-state index contributed by atoms with van der Waals surface area (Å²) in [6.45, 7) is 0.396. The molecule has 166 valence electrons. The number of benzene rings is 1. The highest BCUT2D eigenvalue weighted by molar-refractivity contribution is 9.10. The van der Waals surface area contributed by atoms with Gasteiger partial charge < -0.3 is 10.8 Å². The summed E-state index contributed by atoms with van der Waals surface area (Å²) in [6.07, 6.45) is 4.01. The minimum Gasteiger partial charge on any atom is -0.465 e. The van der Waals surface area contributed by atoms with E-state index >= 15 is 0 Å². The van der Waals surface area contributed by atoms with Gasteiger partial charge in [0.1, 0.15) is 15.9 Å². The van der Waals surface area contributed by atoms with Crippen LogP contribution >= 0.6 is 15.9 Å². The fourth-order valence-corrected chi connectivity index (χ4v) is 4.12. The second kappa shape index (κ2) is 9.60. The molecule has 1 aromatic carbocycles. The summed E-state index contributed by atoms with van der Waals surface area (Å²) in [6, 6.07) is 8.47. The number of anilines is 1. The van der Waals surface area contributed by atoms with E-state index in [0.717, 1.165) is 12.8 Å². The predicted molar refractivity (Wildman–Crippen MR) is 115 cm³/mol.